The van der Waals surface area contributed by atoms with E-state index >= 15 is 0 Å². The lowest BCUT2D eigenvalue weighted by atomic mass is 9.63. The molecule has 1 aliphatic heterocycles. The molecule has 0 aromatic carbocycles. The molecule has 1 heterocycles. The average Bonchev–Trinajstić information content (AvgIpc) is 2.38. The van der Waals surface area contributed by atoms with Crippen molar-refractivity contribution >= 4 is 5.97 Å². The highest BCUT2D eigenvalue weighted by atomic mass is 16.6. The van der Waals surface area contributed by atoms with E-state index in [9.17, 15) is 4.79 Å². The minimum absolute atomic E-state index is 0.0756. The van der Waals surface area contributed by atoms with E-state index in [0.717, 1.165) is 38.8 Å². The second kappa shape index (κ2) is 5.82. The van der Waals surface area contributed by atoms with Crippen LogP contribution in [0.2, 0.25) is 0 Å². The van der Waals surface area contributed by atoms with Gasteiger partial charge in [0.2, 0.25) is 0 Å². The monoisotopic (exact) mass is 267 g/mol. The molecule has 0 amide bonds. The van der Waals surface area contributed by atoms with Crippen LogP contribution in [0, 0.1) is 11.3 Å². The second-order valence-corrected chi connectivity index (χ2v) is 7.24. The summed E-state index contributed by atoms with van der Waals surface area (Å²) >= 11 is 0. The fourth-order valence-corrected chi connectivity index (χ4v) is 3.72. The molecule has 0 spiro atoms. The third-order valence-corrected chi connectivity index (χ3v) is 4.67. The van der Waals surface area contributed by atoms with Crippen molar-refractivity contribution in [2.75, 3.05) is 13.1 Å². The molecule has 0 atom stereocenters. The Morgan fingerprint density at radius 1 is 1.11 bits per heavy atom. The van der Waals surface area contributed by atoms with Crippen LogP contribution in [0.4, 0.5) is 0 Å². The predicted octanol–water partition coefficient (Wildman–Crippen LogP) is 3.28. The minimum Gasteiger partial charge on any atom is -0.460 e. The molecule has 1 N–H and O–H groups in total. The molecule has 0 aromatic heterocycles. The van der Waals surface area contributed by atoms with Gasteiger partial charge in [-0.15, -0.1) is 0 Å². The summed E-state index contributed by atoms with van der Waals surface area (Å²) in [6, 6.07) is 0. The van der Waals surface area contributed by atoms with Gasteiger partial charge >= 0.3 is 5.97 Å². The molecular weight excluding hydrogens is 238 g/mol. The molecule has 1 aliphatic carbocycles. The average molecular weight is 267 g/mol. The smallest absolute Gasteiger partial charge is 0.312 e. The van der Waals surface area contributed by atoms with Crippen LogP contribution in [-0.4, -0.2) is 24.7 Å². The van der Waals surface area contributed by atoms with Gasteiger partial charge in [0.05, 0.1) is 5.41 Å². The van der Waals surface area contributed by atoms with Gasteiger partial charge in [-0.25, -0.2) is 0 Å². The Morgan fingerprint density at radius 2 is 1.68 bits per heavy atom. The van der Waals surface area contributed by atoms with Crippen molar-refractivity contribution < 1.29 is 9.53 Å². The van der Waals surface area contributed by atoms with Crippen molar-refractivity contribution in [3.8, 4) is 0 Å². The molecule has 2 rings (SSSR count). The van der Waals surface area contributed by atoms with E-state index in [4.69, 9.17) is 4.74 Å². The predicted molar refractivity (Wildman–Crippen MR) is 77.0 cm³/mol. The number of ether oxygens (including phenoxy) is 1. The molecule has 0 bridgehead atoms. The van der Waals surface area contributed by atoms with E-state index in [0.29, 0.717) is 5.92 Å². The van der Waals surface area contributed by atoms with Crippen LogP contribution in [0.1, 0.15) is 65.7 Å². The Bertz CT molecular complexity index is 307. The Kier molecular flexibility index (Phi) is 4.54. The largest absolute Gasteiger partial charge is 0.460 e. The Hall–Kier alpha value is -0.570. The second-order valence-electron chi connectivity index (χ2n) is 7.24. The Balaban J connectivity index is 2.15. The lowest BCUT2D eigenvalue weighted by Gasteiger charge is -2.44. The first-order valence-electron chi connectivity index (χ1n) is 7.88. The van der Waals surface area contributed by atoms with Gasteiger partial charge in [0.25, 0.3) is 0 Å². The van der Waals surface area contributed by atoms with Crippen molar-refractivity contribution in [2.24, 2.45) is 11.3 Å². The standard InChI is InChI=1S/C16H29NO2/c1-15(2,3)19-14(18)16(9-5-4-6-10-16)13-7-11-17-12-8-13/h13,17H,4-12H2,1-3H3. The summed E-state index contributed by atoms with van der Waals surface area (Å²) in [5.41, 5.74) is -0.553. The maximum absolute atomic E-state index is 12.8. The van der Waals surface area contributed by atoms with Crippen molar-refractivity contribution in [3.05, 3.63) is 0 Å². The van der Waals surface area contributed by atoms with Crippen LogP contribution in [0.15, 0.2) is 0 Å². The molecule has 2 fully saturated rings. The number of carbonyl (C=O) groups is 1. The van der Waals surface area contributed by atoms with Gasteiger partial charge in [-0.05, 0) is 65.5 Å². The van der Waals surface area contributed by atoms with Crippen LogP contribution in [0.3, 0.4) is 0 Å². The van der Waals surface area contributed by atoms with Gasteiger partial charge in [0, 0.05) is 0 Å². The summed E-state index contributed by atoms with van der Waals surface area (Å²) in [6.07, 6.45) is 7.96. The van der Waals surface area contributed by atoms with Crippen molar-refractivity contribution in [1.82, 2.24) is 5.32 Å². The highest BCUT2D eigenvalue weighted by Gasteiger charge is 2.48. The van der Waals surface area contributed by atoms with Crippen LogP contribution in [0.25, 0.3) is 0 Å². The van der Waals surface area contributed by atoms with E-state index < -0.39 is 0 Å². The lowest BCUT2D eigenvalue weighted by molar-refractivity contribution is -0.175. The fourth-order valence-electron chi connectivity index (χ4n) is 3.72. The van der Waals surface area contributed by atoms with Crippen LogP contribution < -0.4 is 5.32 Å². The number of hydrogen-bond donors (Lipinski definition) is 1. The molecular formula is C16H29NO2. The van der Waals surface area contributed by atoms with Gasteiger partial charge < -0.3 is 10.1 Å². The quantitative estimate of drug-likeness (QED) is 0.780. The molecule has 1 saturated carbocycles. The minimum atomic E-state index is -0.367. The van der Waals surface area contributed by atoms with E-state index in [2.05, 4.69) is 5.32 Å². The number of hydrogen-bond acceptors (Lipinski definition) is 3. The van der Waals surface area contributed by atoms with Crippen LogP contribution in [-0.2, 0) is 9.53 Å². The molecule has 3 heteroatoms. The van der Waals surface area contributed by atoms with E-state index in [1.165, 1.54) is 19.3 Å². The molecule has 0 radical (unpaired) electrons. The van der Waals surface area contributed by atoms with Crippen molar-refractivity contribution in [2.45, 2.75) is 71.3 Å². The third-order valence-electron chi connectivity index (χ3n) is 4.67. The van der Waals surface area contributed by atoms with Crippen LogP contribution >= 0.6 is 0 Å². The summed E-state index contributed by atoms with van der Waals surface area (Å²) in [5, 5.41) is 3.41. The summed E-state index contributed by atoms with van der Waals surface area (Å²) in [4.78, 5) is 12.8. The lowest BCUT2D eigenvalue weighted by Crippen LogP contribution is -2.47. The Labute approximate surface area is 117 Å². The van der Waals surface area contributed by atoms with Gasteiger partial charge in [0.15, 0.2) is 0 Å². The number of esters is 1. The molecule has 1 saturated heterocycles. The third kappa shape index (κ3) is 3.50. The highest BCUT2D eigenvalue weighted by Crippen LogP contribution is 2.47. The molecule has 3 nitrogen and oxygen atoms in total. The molecule has 0 aromatic rings. The summed E-state index contributed by atoms with van der Waals surface area (Å²) in [6.45, 7) is 8.03. The normalized spacial score (nSPS) is 25.0. The number of nitrogens with one attached hydrogen (secondary N) is 1. The maximum atomic E-state index is 12.8. The van der Waals surface area contributed by atoms with Gasteiger partial charge in [-0.3, -0.25) is 4.79 Å². The summed E-state index contributed by atoms with van der Waals surface area (Å²) in [7, 11) is 0. The number of carbonyl (C=O) groups excluding carboxylic acids is 1. The van der Waals surface area contributed by atoms with E-state index in [-0.39, 0.29) is 17.0 Å². The zero-order valence-corrected chi connectivity index (χ0v) is 12.8. The topological polar surface area (TPSA) is 38.3 Å². The first-order chi connectivity index (χ1) is 8.94. The summed E-state index contributed by atoms with van der Waals surface area (Å²) in [5.74, 6) is 0.593. The number of piperidine rings is 1. The van der Waals surface area contributed by atoms with E-state index in [1.54, 1.807) is 0 Å². The fraction of sp³-hybridized carbons (Fsp3) is 0.938. The van der Waals surface area contributed by atoms with Crippen LogP contribution in [0.5, 0.6) is 0 Å². The molecule has 19 heavy (non-hydrogen) atoms. The van der Waals surface area contributed by atoms with Gasteiger partial charge in [-0.1, -0.05) is 19.3 Å². The zero-order valence-electron chi connectivity index (χ0n) is 12.8. The number of rotatable bonds is 2. The summed E-state index contributed by atoms with van der Waals surface area (Å²) < 4.78 is 5.77. The first-order valence-corrected chi connectivity index (χ1v) is 7.88. The maximum Gasteiger partial charge on any atom is 0.312 e. The van der Waals surface area contributed by atoms with Gasteiger partial charge in [0.1, 0.15) is 5.60 Å². The van der Waals surface area contributed by atoms with E-state index in [1.807, 2.05) is 20.8 Å². The molecule has 0 unspecified atom stereocenters. The first kappa shape index (κ1) is 14.8. The van der Waals surface area contributed by atoms with Gasteiger partial charge in [-0.2, -0.15) is 0 Å². The van der Waals surface area contributed by atoms with Crippen molar-refractivity contribution in [1.29, 1.82) is 0 Å². The molecule has 2 aliphatic rings. The SMILES string of the molecule is CC(C)(C)OC(=O)C1(C2CCNCC2)CCCCC1. The highest BCUT2D eigenvalue weighted by molar-refractivity contribution is 5.77. The molecule has 110 valence electrons. The van der Waals surface area contributed by atoms with Crippen molar-refractivity contribution in [3.63, 3.8) is 0 Å². The Morgan fingerprint density at radius 3 is 2.21 bits per heavy atom. The zero-order chi connectivity index (χ0) is 13.9.